The third kappa shape index (κ3) is 3.41. The van der Waals surface area contributed by atoms with Gasteiger partial charge in [0.15, 0.2) is 11.5 Å². The quantitative estimate of drug-likeness (QED) is 0.572. The Balaban J connectivity index is 1.64. The van der Waals surface area contributed by atoms with Crippen molar-refractivity contribution in [3.8, 4) is 5.75 Å². The van der Waals surface area contributed by atoms with E-state index in [0.29, 0.717) is 17.3 Å². The number of hydrogen-bond acceptors (Lipinski definition) is 4. The number of aromatic nitrogens is 3. The Morgan fingerprint density at radius 2 is 1.88 bits per heavy atom. The van der Waals surface area contributed by atoms with Crippen LogP contribution in [0.15, 0.2) is 66.9 Å². The van der Waals surface area contributed by atoms with Crippen molar-refractivity contribution in [2.45, 2.75) is 6.42 Å². The van der Waals surface area contributed by atoms with Gasteiger partial charge in [-0.05, 0) is 48.0 Å². The normalized spacial score (nSPS) is 10.9. The van der Waals surface area contributed by atoms with E-state index in [9.17, 15) is 5.11 Å². The number of nitrogens with one attached hydrogen (secondary N) is 1. The number of fused-ring (bicyclic) bond motifs is 1. The highest BCUT2D eigenvalue weighted by Gasteiger charge is 2.07. The summed E-state index contributed by atoms with van der Waals surface area (Å²) in [6.45, 7) is 0. The highest BCUT2D eigenvalue weighted by molar-refractivity contribution is 6.30. The first-order chi connectivity index (χ1) is 12.2. The maximum Gasteiger partial charge on any atom is 0.153 e. The molecule has 0 saturated heterocycles. The van der Waals surface area contributed by atoms with Gasteiger partial charge in [-0.1, -0.05) is 29.8 Å². The third-order valence-electron chi connectivity index (χ3n) is 3.85. The van der Waals surface area contributed by atoms with Gasteiger partial charge in [-0.2, -0.15) is 0 Å². The number of phenolic OH excluding ortho intramolecular Hbond substituents is 1. The van der Waals surface area contributed by atoms with Gasteiger partial charge >= 0.3 is 0 Å². The molecule has 0 atom stereocenters. The summed E-state index contributed by atoms with van der Waals surface area (Å²) in [7, 11) is 0. The molecule has 2 aromatic carbocycles. The minimum Gasteiger partial charge on any atom is -0.508 e. The maximum atomic E-state index is 9.40. The summed E-state index contributed by atoms with van der Waals surface area (Å²) < 4.78 is 1.82. The van der Waals surface area contributed by atoms with Crippen LogP contribution in [0.1, 0.15) is 11.3 Å². The molecule has 5 nitrogen and oxygen atoms in total. The van der Waals surface area contributed by atoms with Crippen LogP contribution in [0, 0.1) is 0 Å². The summed E-state index contributed by atoms with van der Waals surface area (Å²) in [5.74, 6) is 0.966. The largest absolute Gasteiger partial charge is 0.508 e. The second-order valence-corrected chi connectivity index (χ2v) is 6.15. The number of benzene rings is 2. The Morgan fingerprint density at radius 1 is 1.04 bits per heavy atom. The molecule has 0 spiro atoms. The van der Waals surface area contributed by atoms with Gasteiger partial charge in [0.1, 0.15) is 5.75 Å². The molecule has 2 aromatic heterocycles. The Kier molecular flexibility index (Phi) is 3.99. The predicted molar refractivity (Wildman–Crippen MR) is 98.6 cm³/mol. The molecule has 4 rings (SSSR count). The van der Waals surface area contributed by atoms with Crippen molar-refractivity contribution in [2.75, 3.05) is 5.32 Å². The number of halogens is 1. The SMILES string of the molecule is Oc1ccc(Cc2cnc3ccc(Nc4cccc(Cl)c4)nn23)cc1. The maximum absolute atomic E-state index is 9.40. The summed E-state index contributed by atoms with van der Waals surface area (Å²) in [6, 6.07) is 18.4. The molecule has 4 aromatic rings. The highest BCUT2D eigenvalue weighted by Crippen LogP contribution is 2.20. The van der Waals surface area contributed by atoms with E-state index in [1.54, 1.807) is 12.1 Å². The van der Waals surface area contributed by atoms with E-state index in [1.807, 2.05) is 59.2 Å². The van der Waals surface area contributed by atoms with Gasteiger partial charge in [0.25, 0.3) is 0 Å². The second-order valence-electron chi connectivity index (χ2n) is 5.72. The number of nitrogens with zero attached hydrogens (tertiary/aromatic N) is 3. The van der Waals surface area contributed by atoms with Crippen molar-refractivity contribution in [1.82, 2.24) is 14.6 Å². The Labute approximate surface area is 149 Å². The minimum atomic E-state index is 0.257. The van der Waals surface area contributed by atoms with Crippen LogP contribution >= 0.6 is 11.6 Å². The molecule has 6 heteroatoms. The van der Waals surface area contributed by atoms with Crippen LogP contribution in [0.3, 0.4) is 0 Å². The van der Waals surface area contributed by atoms with Crippen LogP contribution in [0.4, 0.5) is 11.5 Å². The molecule has 124 valence electrons. The third-order valence-corrected chi connectivity index (χ3v) is 4.09. The van der Waals surface area contributed by atoms with Gasteiger partial charge in [0, 0.05) is 17.1 Å². The van der Waals surface area contributed by atoms with Gasteiger partial charge < -0.3 is 10.4 Å². The molecule has 0 radical (unpaired) electrons. The fraction of sp³-hybridized carbons (Fsp3) is 0.0526. The summed E-state index contributed by atoms with van der Waals surface area (Å²) in [4.78, 5) is 4.40. The zero-order chi connectivity index (χ0) is 17.2. The summed E-state index contributed by atoms with van der Waals surface area (Å²) >= 11 is 6.02. The van der Waals surface area contributed by atoms with Gasteiger partial charge in [0.2, 0.25) is 0 Å². The zero-order valence-corrected chi connectivity index (χ0v) is 14.0. The summed E-state index contributed by atoms with van der Waals surface area (Å²) in [5.41, 5.74) is 3.70. The van der Waals surface area contributed by atoms with Crippen LogP contribution in [-0.2, 0) is 6.42 Å². The number of anilines is 2. The molecule has 0 saturated carbocycles. The minimum absolute atomic E-state index is 0.257. The standard InChI is InChI=1S/C19H15ClN4O/c20-14-2-1-3-15(11-14)22-18-8-9-19-21-12-16(24(19)23-18)10-13-4-6-17(25)7-5-13/h1-9,11-12,25H,10H2,(H,22,23). The van der Waals surface area contributed by atoms with E-state index in [4.69, 9.17) is 11.6 Å². The monoisotopic (exact) mass is 350 g/mol. The Hall–Kier alpha value is -3.05. The highest BCUT2D eigenvalue weighted by atomic mass is 35.5. The lowest BCUT2D eigenvalue weighted by Gasteiger charge is -2.07. The molecule has 0 aliphatic carbocycles. The first-order valence-corrected chi connectivity index (χ1v) is 8.19. The van der Waals surface area contributed by atoms with Crippen LogP contribution in [-0.4, -0.2) is 19.7 Å². The van der Waals surface area contributed by atoms with Crippen LogP contribution in [0.25, 0.3) is 5.65 Å². The molecular formula is C19H15ClN4O. The van der Waals surface area contributed by atoms with E-state index < -0.39 is 0 Å². The fourth-order valence-electron chi connectivity index (χ4n) is 2.65. The number of hydrogen-bond donors (Lipinski definition) is 2. The van der Waals surface area contributed by atoms with Crippen molar-refractivity contribution in [3.63, 3.8) is 0 Å². The molecule has 0 unspecified atom stereocenters. The van der Waals surface area contributed by atoms with Crippen molar-refractivity contribution < 1.29 is 5.11 Å². The molecule has 0 fully saturated rings. The number of rotatable bonds is 4. The number of phenols is 1. The van der Waals surface area contributed by atoms with E-state index >= 15 is 0 Å². The molecule has 0 aliphatic heterocycles. The van der Waals surface area contributed by atoms with Crippen LogP contribution in [0.2, 0.25) is 5.02 Å². The van der Waals surface area contributed by atoms with Crippen molar-refractivity contribution >= 4 is 28.8 Å². The lowest BCUT2D eigenvalue weighted by molar-refractivity contribution is 0.475. The first-order valence-electron chi connectivity index (χ1n) is 7.81. The average Bonchev–Trinajstić information content (AvgIpc) is 2.99. The number of imidazole rings is 1. The second kappa shape index (κ2) is 6.45. The van der Waals surface area contributed by atoms with E-state index in [1.165, 1.54) is 0 Å². The van der Waals surface area contributed by atoms with E-state index in [0.717, 1.165) is 22.6 Å². The van der Waals surface area contributed by atoms with E-state index in [-0.39, 0.29) is 5.75 Å². The van der Waals surface area contributed by atoms with Crippen molar-refractivity contribution in [3.05, 3.63) is 83.1 Å². The fourth-order valence-corrected chi connectivity index (χ4v) is 2.84. The van der Waals surface area contributed by atoms with Crippen molar-refractivity contribution in [2.24, 2.45) is 0 Å². The molecule has 2 N–H and O–H groups in total. The number of aromatic hydroxyl groups is 1. The van der Waals surface area contributed by atoms with Gasteiger partial charge in [0.05, 0.1) is 11.9 Å². The smallest absolute Gasteiger partial charge is 0.153 e. The average molecular weight is 351 g/mol. The predicted octanol–water partition coefficient (Wildman–Crippen LogP) is 4.42. The summed E-state index contributed by atoms with van der Waals surface area (Å²) in [6.07, 6.45) is 2.49. The molecule has 0 aliphatic rings. The Morgan fingerprint density at radius 3 is 2.68 bits per heavy atom. The molecular weight excluding hydrogens is 336 g/mol. The Bertz CT molecular complexity index is 1030. The topological polar surface area (TPSA) is 62.5 Å². The van der Waals surface area contributed by atoms with Crippen molar-refractivity contribution in [1.29, 1.82) is 0 Å². The van der Waals surface area contributed by atoms with Gasteiger partial charge in [-0.25, -0.2) is 9.50 Å². The molecule has 2 heterocycles. The first kappa shape index (κ1) is 15.5. The molecule has 0 amide bonds. The molecule has 25 heavy (non-hydrogen) atoms. The zero-order valence-electron chi connectivity index (χ0n) is 13.2. The van der Waals surface area contributed by atoms with Crippen LogP contribution < -0.4 is 5.32 Å². The lowest BCUT2D eigenvalue weighted by atomic mass is 10.1. The lowest BCUT2D eigenvalue weighted by Crippen LogP contribution is -2.02. The van der Waals surface area contributed by atoms with Gasteiger partial charge in [-0.3, -0.25) is 0 Å². The van der Waals surface area contributed by atoms with Crippen LogP contribution in [0.5, 0.6) is 5.75 Å². The van der Waals surface area contributed by atoms with Gasteiger partial charge in [-0.15, -0.1) is 5.10 Å². The van der Waals surface area contributed by atoms with E-state index in [2.05, 4.69) is 15.4 Å². The molecule has 0 bridgehead atoms. The summed E-state index contributed by atoms with van der Waals surface area (Å²) in [5, 5.41) is 17.9.